The number of benzene rings is 3. The summed E-state index contributed by atoms with van der Waals surface area (Å²) in [6.07, 6.45) is 0.495. The molecule has 0 saturated carbocycles. The zero-order valence-electron chi connectivity index (χ0n) is 17.1. The van der Waals surface area contributed by atoms with Crippen molar-refractivity contribution in [3.8, 4) is 5.75 Å². The minimum Gasteiger partial charge on any atom is -0.495 e. The molecular formula is C22H21N3O6S. The SMILES string of the molecule is COc1ccc(C(=O)Nc2cccc([N+](=O)[O-])c2)cc1S(=O)(=O)NCCc1ccccc1. The summed E-state index contributed by atoms with van der Waals surface area (Å²) in [5, 5.41) is 13.5. The summed E-state index contributed by atoms with van der Waals surface area (Å²) in [7, 11) is -2.63. The molecule has 2 N–H and O–H groups in total. The number of nitro benzene ring substituents is 1. The number of hydrogen-bond acceptors (Lipinski definition) is 6. The minimum absolute atomic E-state index is 0.0562. The largest absolute Gasteiger partial charge is 0.495 e. The summed E-state index contributed by atoms with van der Waals surface area (Å²) in [6.45, 7) is 0.166. The highest BCUT2D eigenvalue weighted by molar-refractivity contribution is 7.89. The molecular weight excluding hydrogens is 434 g/mol. The van der Waals surface area contributed by atoms with E-state index in [4.69, 9.17) is 4.74 Å². The van der Waals surface area contributed by atoms with Crippen molar-refractivity contribution in [3.05, 3.63) is 94.0 Å². The number of carbonyl (C=O) groups is 1. The van der Waals surface area contributed by atoms with Crippen molar-refractivity contribution in [2.45, 2.75) is 11.3 Å². The zero-order chi connectivity index (χ0) is 23.1. The van der Waals surface area contributed by atoms with Crippen LogP contribution >= 0.6 is 0 Å². The normalized spacial score (nSPS) is 11.0. The number of carbonyl (C=O) groups excluding carboxylic acids is 1. The fourth-order valence-corrected chi connectivity index (χ4v) is 4.21. The molecule has 3 rings (SSSR count). The Morgan fingerprint density at radius 2 is 1.78 bits per heavy atom. The first-order valence-corrected chi connectivity index (χ1v) is 11.1. The van der Waals surface area contributed by atoms with Crippen molar-refractivity contribution in [1.82, 2.24) is 4.72 Å². The summed E-state index contributed by atoms with van der Waals surface area (Å²) in [5.41, 5.74) is 1.07. The molecule has 0 bridgehead atoms. The topological polar surface area (TPSA) is 128 Å². The van der Waals surface area contributed by atoms with Gasteiger partial charge in [0.15, 0.2) is 0 Å². The molecule has 0 aliphatic carbocycles. The molecule has 10 heteroatoms. The first-order chi connectivity index (χ1) is 15.3. The van der Waals surface area contributed by atoms with Gasteiger partial charge in [-0.25, -0.2) is 13.1 Å². The average molecular weight is 455 g/mol. The number of nitrogens with zero attached hydrogens (tertiary/aromatic N) is 1. The Bertz CT molecular complexity index is 1230. The van der Waals surface area contributed by atoms with Crippen molar-refractivity contribution >= 4 is 27.3 Å². The van der Waals surface area contributed by atoms with Crippen LogP contribution in [0.4, 0.5) is 11.4 Å². The number of amides is 1. The Labute approximate surface area is 185 Å². The average Bonchev–Trinajstić information content (AvgIpc) is 2.79. The fraction of sp³-hybridized carbons (Fsp3) is 0.136. The van der Waals surface area contributed by atoms with Gasteiger partial charge in [0.25, 0.3) is 11.6 Å². The summed E-state index contributed by atoms with van der Waals surface area (Å²) in [6, 6.07) is 18.9. The number of nitro groups is 1. The van der Waals surface area contributed by atoms with Crippen LogP contribution in [0.25, 0.3) is 0 Å². The molecule has 166 valence electrons. The highest BCUT2D eigenvalue weighted by Gasteiger charge is 2.22. The standard InChI is InChI=1S/C22H21N3O6S/c1-31-20-11-10-17(22(26)24-18-8-5-9-19(15-18)25(27)28)14-21(20)32(29,30)23-13-12-16-6-3-2-4-7-16/h2-11,14-15,23H,12-13H2,1H3,(H,24,26). The number of hydrogen-bond donors (Lipinski definition) is 2. The highest BCUT2D eigenvalue weighted by Crippen LogP contribution is 2.26. The summed E-state index contributed by atoms with van der Waals surface area (Å²) in [5.74, 6) is -0.530. The molecule has 1 amide bonds. The lowest BCUT2D eigenvalue weighted by Crippen LogP contribution is -2.27. The van der Waals surface area contributed by atoms with Crippen molar-refractivity contribution in [1.29, 1.82) is 0 Å². The van der Waals surface area contributed by atoms with Crippen LogP contribution in [0.15, 0.2) is 77.7 Å². The van der Waals surface area contributed by atoms with E-state index in [9.17, 15) is 23.3 Å². The number of methoxy groups -OCH3 is 1. The van der Waals surface area contributed by atoms with Crippen LogP contribution < -0.4 is 14.8 Å². The van der Waals surface area contributed by atoms with E-state index in [2.05, 4.69) is 10.0 Å². The molecule has 0 fully saturated rings. The van der Waals surface area contributed by atoms with E-state index < -0.39 is 20.9 Å². The Morgan fingerprint density at radius 3 is 2.47 bits per heavy atom. The smallest absolute Gasteiger partial charge is 0.271 e. The Balaban J connectivity index is 1.78. The van der Waals surface area contributed by atoms with Gasteiger partial charge in [0, 0.05) is 29.9 Å². The zero-order valence-corrected chi connectivity index (χ0v) is 18.0. The van der Waals surface area contributed by atoms with Gasteiger partial charge >= 0.3 is 0 Å². The van der Waals surface area contributed by atoms with Crippen molar-refractivity contribution in [2.24, 2.45) is 0 Å². The molecule has 0 spiro atoms. The predicted molar refractivity (Wildman–Crippen MR) is 119 cm³/mol. The van der Waals surface area contributed by atoms with Gasteiger partial charge < -0.3 is 10.1 Å². The summed E-state index contributed by atoms with van der Waals surface area (Å²) >= 11 is 0. The maximum atomic E-state index is 12.9. The number of sulfonamides is 1. The molecule has 0 heterocycles. The Morgan fingerprint density at radius 1 is 1.03 bits per heavy atom. The lowest BCUT2D eigenvalue weighted by atomic mass is 10.2. The van der Waals surface area contributed by atoms with Gasteiger partial charge in [-0.05, 0) is 36.2 Å². The second kappa shape index (κ2) is 10.0. The van der Waals surface area contributed by atoms with Crippen LogP contribution in [0.2, 0.25) is 0 Å². The minimum atomic E-state index is -3.96. The van der Waals surface area contributed by atoms with Crippen molar-refractivity contribution < 1.29 is 22.9 Å². The van der Waals surface area contributed by atoms with E-state index in [-0.39, 0.29) is 34.1 Å². The maximum absolute atomic E-state index is 12.9. The molecule has 3 aromatic carbocycles. The first kappa shape index (κ1) is 22.9. The van der Waals surface area contributed by atoms with Gasteiger partial charge in [-0.3, -0.25) is 14.9 Å². The molecule has 0 unspecified atom stereocenters. The van der Waals surface area contributed by atoms with Gasteiger partial charge in [0.2, 0.25) is 10.0 Å². The fourth-order valence-electron chi connectivity index (χ4n) is 2.98. The summed E-state index contributed by atoms with van der Waals surface area (Å²) in [4.78, 5) is 22.8. The van der Waals surface area contributed by atoms with Gasteiger partial charge in [-0.2, -0.15) is 0 Å². The molecule has 0 atom stereocenters. The maximum Gasteiger partial charge on any atom is 0.271 e. The molecule has 0 aromatic heterocycles. The number of non-ortho nitro benzene ring substituents is 1. The molecule has 9 nitrogen and oxygen atoms in total. The number of rotatable bonds is 9. The van der Waals surface area contributed by atoms with Crippen LogP contribution in [0.3, 0.4) is 0 Å². The number of nitrogens with one attached hydrogen (secondary N) is 2. The molecule has 0 aliphatic rings. The lowest BCUT2D eigenvalue weighted by molar-refractivity contribution is -0.384. The van der Waals surface area contributed by atoms with Crippen LogP contribution in [-0.4, -0.2) is 32.9 Å². The van der Waals surface area contributed by atoms with Crippen LogP contribution in [0.5, 0.6) is 5.75 Å². The van der Waals surface area contributed by atoms with Crippen LogP contribution in [0.1, 0.15) is 15.9 Å². The Hall–Kier alpha value is -3.76. The summed E-state index contributed by atoms with van der Waals surface area (Å²) < 4.78 is 33.4. The van der Waals surface area contributed by atoms with Gasteiger partial charge in [0.1, 0.15) is 10.6 Å². The third-order valence-corrected chi connectivity index (χ3v) is 6.06. The Kier molecular flexibility index (Phi) is 7.18. The van der Waals surface area contributed by atoms with Gasteiger partial charge in [-0.1, -0.05) is 36.4 Å². The first-order valence-electron chi connectivity index (χ1n) is 9.57. The number of anilines is 1. The van der Waals surface area contributed by atoms with Gasteiger partial charge in [-0.15, -0.1) is 0 Å². The van der Waals surface area contributed by atoms with E-state index in [0.29, 0.717) is 6.42 Å². The monoisotopic (exact) mass is 455 g/mol. The van der Waals surface area contributed by atoms with E-state index in [0.717, 1.165) is 5.56 Å². The van der Waals surface area contributed by atoms with Crippen molar-refractivity contribution in [3.63, 3.8) is 0 Å². The molecule has 32 heavy (non-hydrogen) atoms. The number of ether oxygens (including phenoxy) is 1. The third-order valence-electron chi connectivity index (χ3n) is 4.58. The molecule has 3 aromatic rings. The van der Waals surface area contributed by atoms with Crippen LogP contribution in [-0.2, 0) is 16.4 Å². The molecule has 0 saturated heterocycles. The van der Waals surface area contributed by atoms with Crippen LogP contribution in [0, 0.1) is 10.1 Å². The molecule has 0 aliphatic heterocycles. The third kappa shape index (κ3) is 5.68. The van der Waals surface area contributed by atoms with E-state index in [1.807, 2.05) is 30.3 Å². The van der Waals surface area contributed by atoms with E-state index in [1.54, 1.807) is 0 Å². The van der Waals surface area contributed by atoms with Crippen molar-refractivity contribution in [2.75, 3.05) is 19.0 Å². The van der Waals surface area contributed by atoms with Gasteiger partial charge in [0.05, 0.1) is 12.0 Å². The lowest BCUT2D eigenvalue weighted by Gasteiger charge is -2.13. The highest BCUT2D eigenvalue weighted by atomic mass is 32.2. The second-order valence-corrected chi connectivity index (χ2v) is 8.50. The predicted octanol–water partition coefficient (Wildman–Crippen LogP) is 3.38. The van der Waals surface area contributed by atoms with E-state index in [1.165, 1.54) is 49.6 Å². The quantitative estimate of drug-likeness (QED) is 0.376. The van der Waals surface area contributed by atoms with E-state index >= 15 is 0 Å². The second-order valence-electron chi connectivity index (χ2n) is 6.76. The molecule has 0 radical (unpaired) electrons.